The smallest absolute Gasteiger partial charge is 0.216 e. The van der Waals surface area contributed by atoms with Gasteiger partial charge in [-0.3, -0.25) is 0 Å². The molecule has 0 saturated heterocycles. The highest BCUT2D eigenvalue weighted by atomic mass is 19.4. The second kappa shape index (κ2) is 11.8. The summed E-state index contributed by atoms with van der Waals surface area (Å²) in [6.07, 6.45) is -18.5. The molecule has 0 aliphatic rings. The van der Waals surface area contributed by atoms with Gasteiger partial charge in [0.2, 0.25) is 0 Å². The lowest BCUT2D eigenvalue weighted by molar-refractivity contribution is -0.144. The topological polar surface area (TPSA) is 0 Å². The molecule has 0 fully saturated rings. The molecule has 0 spiro atoms. The molecular formula is C24H20B2F12-2. The van der Waals surface area contributed by atoms with Crippen LogP contribution in [0.2, 0.25) is 6.82 Å². The number of rotatable bonds is 4. The van der Waals surface area contributed by atoms with Gasteiger partial charge in [-0.2, -0.15) is 65.8 Å². The first kappa shape index (κ1) is 31.2. The maximum atomic E-state index is 12.7. The number of halogens is 12. The van der Waals surface area contributed by atoms with E-state index < -0.39 is 61.5 Å². The summed E-state index contributed by atoms with van der Waals surface area (Å²) in [5.41, 5.74) is -3.75. The van der Waals surface area contributed by atoms with Crippen LogP contribution in [0, 0.1) is 0 Å². The average molecular weight is 558 g/mol. The van der Waals surface area contributed by atoms with Gasteiger partial charge in [0.15, 0.2) is 0 Å². The number of hydrogen-bond acceptors (Lipinski definition) is 0. The Hall–Kier alpha value is -3.05. The maximum Gasteiger partial charge on any atom is 0.416 e. The lowest BCUT2D eigenvalue weighted by atomic mass is 9.64. The number of benzene rings is 3. The molecule has 0 heterocycles. The van der Waals surface area contributed by atoms with Crippen LogP contribution in [-0.4, -0.2) is 14.6 Å². The molecule has 0 amide bonds. The van der Waals surface area contributed by atoms with Crippen molar-refractivity contribution in [3.8, 4) is 0 Å². The summed E-state index contributed by atoms with van der Waals surface area (Å²) in [6.45, 7) is 1.62. The zero-order valence-corrected chi connectivity index (χ0v) is 20.1. The van der Waals surface area contributed by atoms with Gasteiger partial charge in [0.1, 0.15) is 0 Å². The van der Waals surface area contributed by atoms with Crippen molar-refractivity contribution in [2.45, 2.75) is 37.8 Å². The van der Waals surface area contributed by atoms with Crippen molar-refractivity contribution >= 4 is 25.5 Å². The first-order valence-corrected chi connectivity index (χ1v) is 11.7. The van der Waals surface area contributed by atoms with Gasteiger partial charge in [0.05, 0.1) is 22.3 Å². The monoisotopic (exact) mass is 558 g/mol. The molecule has 3 rings (SSSR count). The van der Waals surface area contributed by atoms with E-state index >= 15 is 0 Å². The van der Waals surface area contributed by atoms with Crippen molar-refractivity contribution in [3.05, 3.63) is 94.5 Å². The first-order chi connectivity index (χ1) is 17.3. The minimum atomic E-state index is -4.78. The molecule has 0 saturated carbocycles. The summed E-state index contributed by atoms with van der Waals surface area (Å²) >= 11 is 0. The molecule has 208 valence electrons. The molecule has 0 aliphatic carbocycles. The van der Waals surface area contributed by atoms with Crippen LogP contribution in [0.15, 0.2) is 66.7 Å². The third-order valence-corrected chi connectivity index (χ3v) is 5.88. The van der Waals surface area contributed by atoms with Crippen LogP contribution in [0.3, 0.4) is 0 Å². The van der Waals surface area contributed by atoms with Crippen LogP contribution in [0.25, 0.3) is 0 Å². The summed E-state index contributed by atoms with van der Waals surface area (Å²) in [4.78, 5) is 0. The number of alkyl halides is 12. The normalized spacial score (nSPS) is 12.7. The second-order valence-corrected chi connectivity index (χ2v) is 8.86. The van der Waals surface area contributed by atoms with Gasteiger partial charge in [0.25, 0.3) is 0 Å². The molecule has 0 atom stereocenters. The molecule has 0 bridgehead atoms. The fourth-order valence-electron chi connectivity index (χ4n) is 3.84. The van der Waals surface area contributed by atoms with Gasteiger partial charge in [-0.05, 0) is 19.4 Å². The molecule has 0 unspecified atom stereocenters. The van der Waals surface area contributed by atoms with E-state index in [4.69, 9.17) is 0 Å². The van der Waals surface area contributed by atoms with Crippen LogP contribution in [-0.2, 0) is 31.0 Å². The van der Waals surface area contributed by atoms with E-state index in [1.54, 1.807) is 25.0 Å². The van der Waals surface area contributed by atoms with Gasteiger partial charge >= 0.3 is 24.7 Å². The van der Waals surface area contributed by atoms with E-state index in [0.29, 0.717) is 6.32 Å². The Bertz CT molecular complexity index is 1130. The Labute approximate surface area is 211 Å². The zero-order chi connectivity index (χ0) is 28.9. The van der Waals surface area contributed by atoms with Crippen molar-refractivity contribution < 1.29 is 52.7 Å². The minimum Gasteiger partial charge on any atom is -0.216 e. The Morgan fingerprint density at radius 3 is 1.16 bits per heavy atom. The van der Waals surface area contributed by atoms with E-state index in [1.165, 1.54) is 0 Å². The van der Waals surface area contributed by atoms with Crippen molar-refractivity contribution in [3.63, 3.8) is 0 Å². The van der Waals surface area contributed by atoms with Crippen molar-refractivity contribution in [1.82, 2.24) is 0 Å². The third kappa shape index (κ3) is 9.36. The van der Waals surface area contributed by atoms with E-state index in [0.717, 1.165) is 29.8 Å². The van der Waals surface area contributed by atoms with Crippen LogP contribution in [0.1, 0.15) is 27.8 Å². The van der Waals surface area contributed by atoms with E-state index in [9.17, 15) is 52.7 Å². The molecule has 0 aliphatic heterocycles. The van der Waals surface area contributed by atoms with Crippen molar-refractivity contribution in [1.29, 1.82) is 0 Å². The quantitative estimate of drug-likeness (QED) is 0.261. The summed E-state index contributed by atoms with van der Waals surface area (Å²) in [5.74, 6) is 0. The van der Waals surface area contributed by atoms with Crippen molar-refractivity contribution in [2.24, 2.45) is 0 Å². The molecule has 3 aromatic rings. The van der Waals surface area contributed by atoms with Crippen molar-refractivity contribution in [2.75, 3.05) is 0 Å². The van der Waals surface area contributed by atoms with Crippen LogP contribution < -0.4 is 10.9 Å². The third-order valence-electron chi connectivity index (χ3n) is 5.88. The highest BCUT2D eigenvalue weighted by Crippen LogP contribution is 2.35. The highest BCUT2D eigenvalue weighted by Gasteiger charge is 2.37. The Morgan fingerprint density at radius 2 is 0.842 bits per heavy atom. The van der Waals surface area contributed by atoms with Crippen LogP contribution >= 0.6 is 0 Å². The number of hydrogen-bond donors (Lipinski definition) is 0. The predicted octanol–water partition coefficient (Wildman–Crippen LogP) is 6.28. The molecule has 0 radical (unpaired) electrons. The summed E-state index contributed by atoms with van der Waals surface area (Å²) in [6, 6.07) is 12.5. The van der Waals surface area contributed by atoms with Gasteiger partial charge in [0, 0.05) is 7.28 Å². The lowest BCUT2D eigenvalue weighted by Crippen LogP contribution is -2.23. The molecular weight excluding hydrogens is 538 g/mol. The highest BCUT2D eigenvalue weighted by molar-refractivity contribution is 6.53. The zero-order valence-electron chi connectivity index (χ0n) is 20.1. The largest absolute Gasteiger partial charge is 0.416 e. The van der Waals surface area contributed by atoms with E-state index in [1.807, 2.05) is 12.1 Å². The minimum absolute atomic E-state index is 0.141. The molecule has 14 heteroatoms. The predicted molar refractivity (Wildman–Crippen MR) is 125 cm³/mol. The summed E-state index contributed by atoms with van der Waals surface area (Å²) in [5, 5.41) is 0. The second-order valence-electron chi connectivity index (χ2n) is 8.86. The van der Waals surface area contributed by atoms with Crippen LogP contribution in [0.5, 0.6) is 0 Å². The van der Waals surface area contributed by atoms with E-state index in [2.05, 4.69) is 0 Å². The SMILES string of the molecule is C[BH2-]c1cc(C(F)(F)F)cc(C(F)(F)F)c1.FC(F)(F)c1cc([BH2-]Cc2ccccc2)cc(C(F)(F)F)c1. The average Bonchev–Trinajstić information content (AvgIpc) is 2.81. The molecule has 0 nitrogen and oxygen atoms in total. The maximum absolute atomic E-state index is 12.7. The summed E-state index contributed by atoms with van der Waals surface area (Å²) < 4.78 is 150. The lowest BCUT2D eigenvalue weighted by Gasteiger charge is -2.17. The van der Waals surface area contributed by atoms with E-state index in [-0.39, 0.29) is 23.1 Å². The fourth-order valence-corrected chi connectivity index (χ4v) is 3.84. The summed E-state index contributed by atoms with van der Waals surface area (Å²) in [7, 11) is -2.08. The fraction of sp³-hybridized carbons (Fsp3) is 0.250. The Kier molecular flexibility index (Phi) is 9.66. The van der Waals surface area contributed by atoms with Crippen LogP contribution in [0.4, 0.5) is 52.7 Å². The van der Waals surface area contributed by atoms with Gasteiger partial charge in [-0.25, -0.2) is 10.9 Å². The Morgan fingerprint density at radius 1 is 0.500 bits per heavy atom. The Balaban J connectivity index is 0.000000281. The standard InChI is InChI=1S/C15H12BF6.C9H8BF6/c17-14(18,19)11-6-12(15(20,21)22)8-13(7-11)16-9-10-4-2-1-3-5-10;1-10-7-3-5(8(11,12)13)2-6(4-7)9(14,15)16/h1-8H,9,16H2;2-4H,10H2,1H3/q2*-1. The van der Waals surface area contributed by atoms with Gasteiger partial charge in [-0.15, -0.1) is 0 Å². The molecule has 3 aromatic carbocycles. The first-order valence-electron chi connectivity index (χ1n) is 11.7. The molecule has 38 heavy (non-hydrogen) atoms. The van der Waals surface area contributed by atoms with Gasteiger partial charge in [-0.1, -0.05) is 60.2 Å². The van der Waals surface area contributed by atoms with Gasteiger partial charge < -0.3 is 0 Å². The molecule has 0 aromatic heterocycles. The molecule has 0 N–H and O–H groups in total.